The van der Waals surface area contributed by atoms with Crippen molar-refractivity contribution in [3.05, 3.63) is 108 Å². The van der Waals surface area contributed by atoms with Gasteiger partial charge in [0, 0.05) is 17.3 Å². The molecule has 4 aromatic rings. The van der Waals surface area contributed by atoms with Crippen LogP contribution in [0.5, 0.6) is 11.5 Å². The number of rotatable bonds is 8. The third-order valence-electron chi connectivity index (χ3n) is 4.80. The Morgan fingerprint density at radius 2 is 1.70 bits per heavy atom. The SMILES string of the molecule is COc1cc(NC(=O)c2cccc(OCc3ccccc3)c2)ccc1NC(=O)c1ccco1. The number of hydrogen-bond acceptors (Lipinski definition) is 5. The fraction of sp³-hybridized carbons (Fsp3) is 0.0769. The summed E-state index contributed by atoms with van der Waals surface area (Å²) in [5.74, 6) is 0.480. The zero-order valence-electron chi connectivity index (χ0n) is 17.9. The summed E-state index contributed by atoms with van der Waals surface area (Å²) >= 11 is 0. The van der Waals surface area contributed by atoms with Crippen LogP contribution in [0.3, 0.4) is 0 Å². The van der Waals surface area contributed by atoms with Crippen LogP contribution in [0.1, 0.15) is 26.5 Å². The number of anilines is 2. The van der Waals surface area contributed by atoms with Crippen molar-refractivity contribution in [2.45, 2.75) is 6.61 Å². The summed E-state index contributed by atoms with van der Waals surface area (Å²) in [5.41, 5.74) is 2.46. The molecule has 4 rings (SSSR count). The normalized spacial score (nSPS) is 10.3. The molecule has 1 aromatic heterocycles. The summed E-state index contributed by atoms with van der Waals surface area (Å²) in [6.07, 6.45) is 1.42. The minimum atomic E-state index is -0.401. The fourth-order valence-electron chi connectivity index (χ4n) is 3.14. The Morgan fingerprint density at radius 3 is 2.45 bits per heavy atom. The summed E-state index contributed by atoms with van der Waals surface area (Å²) in [5, 5.41) is 5.56. The van der Waals surface area contributed by atoms with Crippen molar-refractivity contribution in [1.29, 1.82) is 0 Å². The quantitative estimate of drug-likeness (QED) is 0.383. The summed E-state index contributed by atoms with van der Waals surface area (Å²) in [6.45, 7) is 0.411. The predicted octanol–water partition coefficient (Wildman–Crippen LogP) is 5.37. The molecule has 3 aromatic carbocycles. The largest absolute Gasteiger partial charge is 0.494 e. The molecule has 0 aliphatic carbocycles. The van der Waals surface area contributed by atoms with Gasteiger partial charge in [0.2, 0.25) is 0 Å². The first-order valence-electron chi connectivity index (χ1n) is 10.2. The van der Waals surface area contributed by atoms with Gasteiger partial charge in [0.15, 0.2) is 5.76 Å². The number of methoxy groups -OCH3 is 1. The van der Waals surface area contributed by atoms with E-state index in [0.29, 0.717) is 35.0 Å². The molecule has 0 fully saturated rings. The minimum Gasteiger partial charge on any atom is -0.494 e. The summed E-state index contributed by atoms with van der Waals surface area (Å²) in [6, 6.07) is 24.9. The molecule has 0 radical (unpaired) electrons. The lowest BCUT2D eigenvalue weighted by Gasteiger charge is -2.13. The maximum absolute atomic E-state index is 12.8. The molecule has 0 aliphatic rings. The highest BCUT2D eigenvalue weighted by atomic mass is 16.5. The molecule has 0 spiro atoms. The predicted molar refractivity (Wildman–Crippen MR) is 125 cm³/mol. The molecule has 7 nitrogen and oxygen atoms in total. The standard InChI is InChI=1S/C26H22N2O5/c1-31-24-16-20(12-13-22(24)28-26(30)23-11-6-14-32-23)27-25(29)19-9-5-10-21(15-19)33-17-18-7-3-2-4-8-18/h2-16H,17H2,1H3,(H,27,29)(H,28,30). The van der Waals surface area contributed by atoms with Crippen LogP contribution < -0.4 is 20.1 Å². The molecule has 0 aliphatic heterocycles. The van der Waals surface area contributed by atoms with Crippen LogP contribution in [0, 0.1) is 0 Å². The van der Waals surface area contributed by atoms with Gasteiger partial charge in [0.1, 0.15) is 18.1 Å². The second-order valence-corrected chi connectivity index (χ2v) is 7.10. The molecule has 2 amide bonds. The van der Waals surface area contributed by atoms with Gasteiger partial charge in [-0.15, -0.1) is 0 Å². The number of carbonyl (C=O) groups excluding carboxylic acids is 2. The number of ether oxygens (including phenoxy) is 2. The van der Waals surface area contributed by atoms with Crippen molar-refractivity contribution in [3.8, 4) is 11.5 Å². The third-order valence-corrected chi connectivity index (χ3v) is 4.80. The van der Waals surface area contributed by atoms with Crippen molar-refractivity contribution >= 4 is 23.2 Å². The van der Waals surface area contributed by atoms with E-state index in [2.05, 4.69) is 10.6 Å². The molecule has 1 heterocycles. The highest BCUT2D eigenvalue weighted by molar-refractivity contribution is 6.05. The second-order valence-electron chi connectivity index (χ2n) is 7.10. The van der Waals surface area contributed by atoms with Gasteiger partial charge in [-0.2, -0.15) is 0 Å². The first-order valence-corrected chi connectivity index (χ1v) is 10.2. The maximum atomic E-state index is 12.8. The van der Waals surface area contributed by atoms with Gasteiger partial charge in [-0.25, -0.2) is 0 Å². The molecule has 7 heteroatoms. The number of benzene rings is 3. The van der Waals surface area contributed by atoms with Crippen LogP contribution in [0.15, 0.2) is 95.6 Å². The van der Waals surface area contributed by atoms with Crippen LogP contribution in [0.25, 0.3) is 0 Å². The van der Waals surface area contributed by atoms with Crippen molar-refractivity contribution < 1.29 is 23.5 Å². The molecule has 2 N–H and O–H groups in total. The van der Waals surface area contributed by atoms with Crippen LogP contribution in [-0.2, 0) is 6.61 Å². The highest BCUT2D eigenvalue weighted by Gasteiger charge is 2.14. The average molecular weight is 442 g/mol. The molecular formula is C26H22N2O5. The Kier molecular flexibility index (Phi) is 6.70. The Morgan fingerprint density at radius 1 is 0.848 bits per heavy atom. The van der Waals surface area contributed by atoms with E-state index in [1.807, 2.05) is 30.3 Å². The van der Waals surface area contributed by atoms with Gasteiger partial charge in [-0.3, -0.25) is 9.59 Å². The van der Waals surface area contributed by atoms with Crippen LogP contribution in [0.2, 0.25) is 0 Å². The Hall–Kier alpha value is -4.52. The molecule has 0 saturated heterocycles. The van der Waals surface area contributed by atoms with Gasteiger partial charge in [0.05, 0.1) is 19.1 Å². The summed E-state index contributed by atoms with van der Waals surface area (Å²) in [7, 11) is 1.48. The lowest BCUT2D eigenvalue weighted by atomic mass is 10.2. The van der Waals surface area contributed by atoms with Crippen LogP contribution in [0.4, 0.5) is 11.4 Å². The number of carbonyl (C=O) groups is 2. The van der Waals surface area contributed by atoms with E-state index in [1.165, 1.54) is 13.4 Å². The number of hydrogen-bond donors (Lipinski definition) is 2. The summed E-state index contributed by atoms with van der Waals surface area (Å²) < 4.78 is 16.3. The Balaban J connectivity index is 1.42. The van der Waals surface area contributed by atoms with E-state index in [0.717, 1.165) is 5.56 Å². The minimum absolute atomic E-state index is 0.184. The number of nitrogens with one attached hydrogen (secondary N) is 2. The van der Waals surface area contributed by atoms with Crippen LogP contribution >= 0.6 is 0 Å². The van der Waals surface area contributed by atoms with Gasteiger partial charge >= 0.3 is 0 Å². The molecule has 0 atom stereocenters. The van der Waals surface area contributed by atoms with Crippen molar-refractivity contribution in [1.82, 2.24) is 0 Å². The Bertz CT molecular complexity index is 1240. The summed E-state index contributed by atoms with van der Waals surface area (Å²) in [4.78, 5) is 25.0. The Labute approximate surface area is 191 Å². The van der Waals surface area contributed by atoms with Gasteiger partial charge in [0.25, 0.3) is 11.8 Å². The number of amides is 2. The zero-order valence-corrected chi connectivity index (χ0v) is 17.9. The molecule has 33 heavy (non-hydrogen) atoms. The van der Waals surface area contributed by atoms with Crippen molar-refractivity contribution in [3.63, 3.8) is 0 Å². The molecule has 0 bridgehead atoms. The maximum Gasteiger partial charge on any atom is 0.291 e. The zero-order chi connectivity index (χ0) is 23.0. The van der Waals surface area contributed by atoms with Gasteiger partial charge < -0.3 is 24.5 Å². The first-order chi connectivity index (χ1) is 16.1. The molecular weight excluding hydrogens is 420 g/mol. The third kappa shape index (κ3) is 5.59. The van der Waals surface area contributed by atoms with E-state index in [1.54, 1.807) is 54.6 Å². The van der Waals surface area contributed by atoms with Crippen LogP contribution in [-0.4, -0.2) is 18.9 Å². The van der Waals surface area contributed by atoms with E-state index >= 15 is 0 Å². The molecule has 166 valence electrons. The molecule has 0 unspecified atom stereocenters. The van der Waals surface area contributed by atoms with E-state index in [9.17, 15) is 9.59 Å². The van der Waals surface area contributed by atoms with Crippen molar-refractivity contribution in [2.24, 2.45) is 0 Å². The lowest BCUT2D eigenvalue weighted by molar-refractivity contribution is 0.0994. The van der Waals surface area contributed by atoms with E-state index in [-0.39, 0.29) is 11.7 Å². The fourth-order valence-corrected chi connectivity index (χ4v) is 3.14. The molecule has 0 saturated carbocycles. The van der Waals surface area contributed by atoms with Gasteiger partial charge in [-0.05, 0) is 48.0 Å². The highest BCUT2D eigenvalue weighted by Crippen LogP contribution is 2.29. The average Bonchev–Trinajstić information content (AvgIpc) is 3.40. The van der Waals surface area contributed by atoms with E-state index < -0.39 is 5.91 Å². The second kappa shape index (κ2) is 10.2. The monoisotopic (exact) mass is 442 g/mol. The van der Waals surface area contributed by atoms with E-state index in [4.69, 9.17) is 13.9 Å². The lowest BCUT2D eigenvalue weighted by Crippen LogP contribution is -2.14. The van der Waals surface area contributed by atoms with Crippen molar-refractivity contribution in [2.75, 3.05) is 17.7 Å². The first kappa shape index (κ1) is 21.7. The topological polar surface area (TPSA) is 89.8 Å². The van der Waals surface area contributed by atoms with Gasteiger partial charge in [-0.1, -0.05) is 36.4 Å². The number of furan rings is 1. The smallest absolute Gasteiger partial charge is 0.291 e.